The van der Waals surface area contributed by atoms with Gasteiger partial charge in [0.2, 0.25) is 11.8 Å². The number of imide groups is 1. The molecular weight excluding hydrogens is 533 g/mol. The third-order valence-electron chi connectivity index (χ3n) is 7.26. The summed E-state index contributed by atoms with van der Waals surface area (Å²) in [6.45, 7) is 11.0. The summed E-state index contributed by atoms with van der Waals surface area (Å²) in [5.41, 5.74) is 2.51. The number of anilines is 2. The molecule has 2 amide bonds. The van der Waals surface area contributed by atoms with E-state index in [1.807, 2.05) is 43.3 Å². The molecular formula is C31H43Cl2N3O3. The van der Waals surface area contributed by atoms with E-state index in [9.17, 15) is 9.59 Å². The first-order valence-electron chi connectivity index (χ1n) is 14.3. The van der Waals surface area contributed by atoms with E-state index in [0.717, 1.165) is 82.5 Å². The molecule has 1 fully saturated rings. The number of nitrogens with zero attached hydrogens (tertiary/aromatic N) is 3. The Balaban J connectivity index is 1.42. The second-order valence-electron chi connectivity index (χ2n) is 10.3. The van der Waals surface area contributed by atoms with Crippen LogP contribution in [0.5, 0.6) is 5.75 Å². The Morgan fingerprint density at radius 2 is 1.69 bits per heavy atom. The second-order valence-corrected chi connectivity index (χ2v) is 11.1. The first-order chi connectivity index (χ1) is 18.8. The second kappa shape index (κ2) is 16.1. The molecule has 0 aliphatic carbocycles. The van der Waals surface area contributed by atoms with E-state index in [4.69, 9.17) is 27.9 Å². The molecule has 39 heavy (non-hydrogen) atoms. The summed E-state index contributed by atoms with van der Waals surface area (Å²) >= 11 is 12.6. The fraction of sp³-hybridized carbons (Fsp3) is 0.548. The van der Waals surface area contributed by atoms with Crippen molar-refractivity contribution in [1.82, 2.24) is 4.90 Å². The minimum atomic E-state index is -0.258. The molecule has 6 nitrogen and oxygen atoms in total. The van der Waals surface area contributed by atoms with Gasteiger partial charge in [0.15, 0.2) is 0 Å². The van der Waals surface area contributed by atoms with Crippen molar-refractivity contribution in [2.45, 2.75) is 72.1 Å². The van der Waals surface area contributed by atoms with Crippen molar-refractivity contribution in [2.24, 2.45) is 0 Å². The van der Waals surface area contributed by atoms with E-state index in [-0.39, 0.29) is 11.8 Å². The molecule has 1 saturated heterocycles. The molecule has 0 aromatic heterocycles. The van der Waals surface area contributed by atoms with E-state index >= 15 is 0 Å². The first-order valence-corrected chi connectivity index (χ1v) is 15.1. The number of carbonyl (C=O) groups is 2. The molecule has 0 saturated carbocycles. The molecule has 0 N–H and O–H groups in total. The number of piperazine rings is 1. The Hall–Kier alpha value is -2.28. The lowest BCUT2D eigenvalue weighted by molar-refractivity contribution is -0.125. The molecule has 0 unspecified atom stereocenters. The van der Waals surface area contributed by atoms with Crippen molar-refractivity contribution in [3.8, 4) is 5.75 Å². The van der Waals surface area contributed by atoms with Gasteiger partial charge < -0.3 is 9.64 Å². The minimum Gasteiger partial charge on any atom is -0.494 e. The Kier molecular flexibility index (Phi) is 12.9. The standard InChI is InChI=1S/C31H43Cl2N3O3/c1-4-5-6-7-8-14-30(38)36(25(3)37)29-23-26(16-15-24(29)2)39-22-10-9-17-34-18-20-35(21-19-34)28-13-11-12-27(32)31(28)33/h11-13,15-16,23H,4-10,14,17-22H2,1-3H3. The molecule has 2 aromatic carbocycles. The lowest BCUT2D eigenvalue weighted by Crippen LogP contribution is -2.46. The molecule has 2 aromatic rings. The molecule has 8 heteroatoms. The lowest BCUT2D eigenvalue weighted by atomic mass is 10.1. The number of ether oxygens (including phenoxy) is 1. The van der Waals surface area contributed by atoms with Gasteiger partial charge in [0.05, 0.1) is 28.0 Å². The Labute approximate surface area is 244 Å². The van der Waals surface area contributed by atoms with Gasteiger partial charge in [-0.3, -0.25) is 19.4 Å². The maximum Gasteiger partial charge on any atom is 0.233 e. The number of hydrogen-bond acceptors (Lipinski definition) is 5. The summed E-state index contributed by atoms with van der Waals surface area (Å²) in [6.07, 6.45) is 7.63. The van der Waals surface area contributed by atoms with Gasteiger partial charge in [-0.15, -0.1) is 0 Å². The van der Waals surface area contributed by atoms with Crippen LogP contribution < -0.4 is 14.5 Å². The zero-order valence-corrected chi connectivity index (χ0v) is 25.2. The maximum absolute atomic E-state index is 12.9. The van der Waals surface area contributed by atoms with E-state index in [1.165, 1.54) is 18.2 Å². The SMILES string of the molecule is CCCCCCCC(=O)N(C(C)=O)c1cc(OCCCCN2CCN(c3cccc(Cl)c3Cl)CC2)ccc1C. The van der Waals surface area contributed by atoms with Gasteiger partial charge in [-0.1, -0.05) is 67.9 Å². The number of carbonyl (C=O) groups excluding carboxylic acids is 2. The van der Waals surface area contributed by atoms with Crippen molar-refractivity contribution in [1.29, 1.82) is 0 Å². The molecule has 0 atom stereocenters. The summed E-state index contributed by atoms with van der Waals surface area (Å²) in [7, 11) is 0. The maximum atomic E-state index is 12.9. The van der Waals surface area contributed by atoms with Crippen molar-refractivity contribution < 1.29 is 14.3 Å². The van der Waals surface area contributed by atoms with E-state index in [0.29, 0.717) is 34.5 Å². The van der Waals surface area contributed by atoms with Crippen molar-refractivity contribution in [3.05, 3.63) is 52.0 Å². The van der Waals surface area contributed by atoms with Crippen LogP contribution in [0.15, 0.2) is 36.4 Å². The minimum absolute atomic E-state index is 0.142. The highest BCUT2D eigenvalue weighted by atomic mass is 35.5. The summed E-state index contributed by atoms with van der Waals surface area (Å²) in [4.78, 5) is 31.4. The Bertz CT molecular complexity index is 1090. The molecule has 1 heterocycles. The molecule has 0 spiro atoms. The molecule has 214 valence electrons. The third-order valence-corrected chi connectivity index (χ3v) is 8.07. The lowest BCUT2D eigenvalue weighted by Gasteiger charge is -2.36. The van der Waals surface area contributed by atoms with Gasteiger partial charge in [0.25, 0.3) is 0 Å². The van der Waals surface area contributed by atoms with Gasteiger partial charge in [-0.05, 0) is 56.5 Å². The smallest absolute Gasteiger partial charge is 0.233 e. The number of benzene rings is 2. The summed E-state index contributed by atoms with van der Waals surface area (Å²) in [6, 6.07) is 11.4. The van der Waals surface area contributed by atoms with Crippen LogP contribution in [0.3, 0.4) is 0 Å². The van der Waals surface area contributed by atoms with Gasteiger partial charge in [0, 0.05) is 45.6 Å². The number of hydrogen-bond donors (Lipinski definition) is 0. The van der Waals surface area contributed by atoms with Crippen LogP contribution in [0, 0.1) is 6.92 Å². The van der Waals surface area contributed by atoms with Gasteiger partial charge in [-0.2, -0.15) is 0 Å². The van der Waals surface area contributed by atoms with Crippen LogP contribution in [0.4, 0.5) is 11.4 Å². The predicted molar refractivity (Wildman–Crippen MR) is 163 cm³/mol. The number of aryl methyl sites for hydroxylation is 1. The summed E-state index contributed by atoms with van der Waals surface area (Å²) in [5.74, 6) is 0.285. The third kappa shape index (κ3) is 9.40. The van der Waals surface area contributed by atoms with Crippen molar-refractivity contribution >= 4 is 46.4 Å². The fourth-order valence-electron chi connectivity index (χ4n) is 4.97. The highest BCUT2D eigenvalue weighted by Gasteiger charge is 2.22. The van der Waals surface area contributed by atoms with Crippen molar-refractivity contribution in [2.75, 3.05) is 49.1 Å². The van der Waals surface area contributed by atoms with Crippen molar-refractivity contribution in [3.63, 3.8) is 0 Å². The fourth-order valence-corrected chi connectivity index (χ4v) is 5.38. The van der Waals surface area contributed by atoms with E-state index in [1.54, 1.807) is 0 Å². The number of halogens is 2. The molecule has 1 aliphatic heterocycles. The normalized spacial score (nSPS) is 13.9. The average Bonchev–Trinajstić information content (AvgIpc) is 2.92. The van der Waals surface area contributed by atoms with Gasteiger partial charge in [-0.25, -0.2) is 0 Å². The average molecular weight is 577 g/mol. The van der Waals surface area contributed by atoms with Crippen LogP contribution in [0.2, 0.25) is 10.0 Å². The molecule has 3 rings (SSSR count). The zero-order chi connectivity index (χ0) is 28.2. The number of rotatable bonds is 14. The Morgan fingerprint density at radius 1 is 0.949 bits per heavy atom. The van der Waals surface area contributed by atoms with E-state index < -0.39 is 0 Å². The topological polar surface area (TPSA) is 53.1 Å². The zero-order valence-electron chi connectivity index (χ0n) is 23.7. The number of amides is 2. The highest BCUT2D eigenvalue weighted by Crippen LogP contribution is 2.33. The Morgan fingerprint density at radius 3 is 2.41 bits per heavy atom. The predicted octanol–water partition coefficient (Wildman–Crippen LogP) is 7.52. The number of unbranched alkanes of at least 4 members (excludes halogenated alkanes) is 5. The first kappa shape index (κ1) is 31.3. The molecule has 1 aliphatic rings. The van der Waals surface area contributed by atoms with E-state index in [2.05, 4.69) is 16.7 Å². The van der Waals surface area contributed by atoms with Crippen LogP contribution in [-0.2, 0) is 9.59 Å². The monoisotopic (exact) mass is 575 g/mol. The van der Waals surface area contributed by atoms with Gasteiger partial charge in [0.1, 0.15) is 5.75 Å². The van der Waals surface area contributed by atoms with Crippen LogP contribution in [0.25, 0.3) is 0 Å². The molecule has 0 radical (unpaired) electrons. The highest BCUT2D eigenvalue weighted by molar-refractivity contribution is 6.43. The van der Waals surface area contributed by atoms with Crippen LogP contribution >= 0.6 is 23.2 Å². The molecule has 0 bridgehead atoms. The largest absolute Gasteiger partial charge is 0.494 e. The van der Waals surface area contributed by atoms with Crippen LogP contribution in [-0.4, -0.2) is 56.0 Å². The van der Waals surface area contributed by atoms with Gasteiger partial charge >= 0.3 is 0 Å². The summed E-state index contributed by atoms with van der Waals surface area (Å²) in [5, 5.41) is 1.22. The summed E-state index contributed by atoms with van der Waals surface area (Å²) < 4.78 is 6.02. The van der Waals surface area contributed by atoms with Crippen LogP contribution in [0.1, 0.15) is 70.8 Å². The quantitative estimate of drug-likeness (QED) is 0.218.